The highest BCUT2D eigenvalue weighted by atomic mass is 35.5. The van der Waals surface area contributed by atoms with Crippen molar-refractivity contribution < 1.29 is 28.2 Å². The fourth-order valence-electron chi connectivity index (χ4n) is 6.90. The maximum atomic E-state index is 14.1. The molecule has 1 saturated heterocycles. The van der Waals surface area contributed by atoms with E-state index in [9.17, 15) is 18.7 Å². The fourth-order valence-corrected chi connectivity index (χ4v) is 7.36. The van der Waals surface area contributed by atoms with Crippen molar-refractivity contribution in [1.82, 2.24) is 16.2 Å². The van der Waals surface area contributed by atoms with Gasteiger partial charge in [-0.1, -0.05) is 0 Å². The van der Waals surface area contributed by atoms with Crippen LogP contribution in [0.25, 0.3) is 0 Å². The zero-order valence-corrected chi connectivity index (χ0v) is 21.4. The van der Waals surface area contributed by atoms with Crippen molar-refractivity contribution in [2.75, 3.05) is 6.61 Å². The number of halogens is 4. The summed E-state index contributed by atoms with van der Waals surface area (Å²) in [5.74, 6) is -0.202. The Morgan fingerprint density at radius 3 is 2.37 bits per heavy atom. The monoisotopic (exact) mass is 539 g/mol. The average Bonchev–Trinajstić information content (AvgIpc) is 3.33. The molecule has 35 heavy (non-hydrogen) atoms. The first-order valence-electron chi connectivity index (χ1n) is 13.0. The summed E-state index contributed by atoms with van der Waals surface area (Å²) in [7, 11) is 0. The van der Waals surface area contributed by atoms with Crippen LogP contribution in [0.15, 0.2) is 0 Å². The number of rotatable bonds is 6. The van der Waals surface area contributed by atoms with Crippen molar-refractivity contribution in [3.8, 4) is 0 Å². The molecule has 0 spiro atoms. The van der Waals surface area contributed by atoms with E-state index in [2.05, 4.69) is 16.2 Å². The normalized spacial score (nSPS) is 50.3. The Balaban J connectivity index is 1.12. The minimum atomic E-state index is -1.11. The third-order valence-corrected chi connectivity index (χ3v) is 10.2. The standard InChI is InChI=1S/C24H37Cl2F2N3O4/c25-15-3-1-13(9-17(15)27)21-30-31-22(35-21)24-7-5-23(6-8-24,11-19(24)32)29-20(33)12-34-14-2-4-16(26)18(28)10-14/h13-19,21-22,30-32H,1-12H2,(H,29,33)/t13?,14?,15?,16?,17?,18?,19-,21?,22?,23?,24?/m1/s1. The van der Waals surface area contributed by atoms with E-state index >= 15 is 0 Å². The number of aliphatic hydroxyl groups excluding tert-OH is 1. The van der Waals surface area contributed by atoms with Crippen molar-refractivity contribution in [3.05, 3.63) is 0 Å². The number of aliphatic hydroxyl groups is 1. The van der Waals surface area contributed by atoms with E-state index in [0.717, 1.165) is 19.3 Å². The van der Waals surface area contributed by atoms with Gasteiger partial charge in [0, 0.05) is 23.3 Å². The van der Waals surface area contributed by atoms with E-state index in [0.29, 0.717) is 44.9 Å². The predicted molar refractivity (Wildman–Crippen MR) is 127 cm³/mol. The van der Waals surface area contributed by atoms with E-state index in [1.807, 2.05) is 0 Å². The highest BCUT2D eigenvalue weighted by Crippen LogP contribution is 2.55. The summed E-state index contributed by atoms with van der Waals surface area (Å²) in [6, 6.07) is 0. The van der Waals surface area contributed by atoms with Crippen LogP contribution < -0.4 is 16.2 Å². The zero-order valence-electron chi connectivity index (χ0n) is 19.9. The topological polar surface area (TPSA) is 91.9 Å². The quantitative estimate of drug-likeness (QED) is 0.387. The number of fused-ring (bicyclic) bond motifs is 3. The first-order valence-corrected chi connectivity index (χ1v) is 13.9. The van der Waals surface area contributed by atoms with E-state index in [1.54, 1.807) is 0 Å². The van der Waals surface area contributed by atoms with Crippen LogP contribution in [0.2, 0.25) is 0 Å². The van der Waals surface area contributed by atoms with E-state index < -0.39 is 40.2 Å². The van der Waals surface area contributed by atoms with Gasteiger partial charge >= 0.3 is 0 Å². The van der Waals surface area contributed by atoms with Crippen LogP contribution in [0.1, 0.15) is 70.6 Å². The van der Waals surface area contributed by atoms with Crippen molar-refractivity contribution >= 4 is 29.1 Å². The van der Waals surface area contributed by atoms with Crippen molar-refractivity contribution in [1.29, 1.82) is 0 Å². The summed E-state index contributed by atoms with van der Waals surface area (Å²) < 4.78 is 40.0. The number of amides is 1. The average molecular weight is 540 g/mol. The summed E-state index contributed by atoms with van der Waals surface area (Å²) in [5.41, 5.74) is 5.49. The van der Waals surface area contributed by atoms with Crippen LogP contribution in [-0.2, 0) is 14.3 Å². The summed E-state index contributed by atoms with van der Waals surface area (Å²) in [6.07, 6.45) is 2.74. The van der Waals surface area contributed by atoms with E-state index in [-0.39, 0.29) is 43.4 Å². The fraction of sp³-hybridized carbons (Fsp3) is 0.958. The second kappa shape index (κ2) is 10.5. The number of ether oxygens (including phenoxy) is 2. The van der Waals surface area contributed by atoms with Gasteiger partial charge in [0.15, 0.2) is 0 Å². The molecule has 6 rings (SSSR count). The Bertz CT molecular complexity index is 775. The maximum absolute atomic E-state index is 14.1. The van der Waals surface area contributed by atoms with Gasteiger partial charge in [0.2, 0.25) is 5.91 Å². The van der Waals surface area contributed by atoms with Gasteiger partial charge in [0.25, 0.3) is 0 Å². The number of nitrogens with one attached hydrogen (secondary N) is 3. The van der Waals surface area contributed by atoms with Gasteiger partial charge in [-0.3, -0.25) is 4.79 Å². The molecular weight excluding hydrogens is 503 g/mol. The molecule has 0 aromatic heterocycles. The van der Waals surface area contributed by atoms with Crippen LogP contribution >= 0.6 is 23.2 Å². The molecule has 0 aromatic carbocycles. The van der Waals surface area contributed by atoms with Crippen LogP contribution in [0.5, 0.6) is 0 Å². The van der Waals surface area contributed by atoms with Crippen LogP contribution in [0.4, 0.5) is 8.78 Å². The first kappa shape index (κ1) is 26.3. The highest BCUT2D eigenvalue weighted by molar-refractivity contribution is 6.21. The second-order valence-electron chi connectivity index (χ2n) is 11.4. The lowest BCUT2D eigenvalue weighted by atomic mass is 9.55. The Kier molecular flexibility index (Phi) is 7.87. The van der Waals surface area contributed by atoms with Crippen molar-refractivity contribution in [2.24, 2.45) is 11.3 Å². The summed E-state index contributed by atoms with van der Waals surface area (Å²) in [5, 5.41) is 13.4. The number of hydrogen-bond donors (Lipinski definition) is 4. The van der Waals surface area contributed by atoms with Crippen LogP contribution in [0.3, 0.4) is 0 Å². The van der Waals surface area contributed by atoms with Crippen molar-refractivity contribution in [2.45, 2.75) is 124 Å². The number of alkyl halides is 4. The molecule has 4 N–H and O–H groups in total. The predicted octanol–water partition coefficient (Wildman–Crippen LogP) is 3.20. The molecule has 7 nitrogen and oxygen atoms in total. The van der Waals surface area contributed by atoms with Crippen LogP contribution in [-0.4, -0.2) is 70.9 Å². The molecule has 6 fully saturated rings. The lowest BCUT2D eigenvalue weighted by Gasteiger charge is -2.57. The van der Waals surface area contributed by atoms with Gasteiger partial charge in [-0.2, -0.15) is 0 Å². The van der Waals surface area contributed by atoms with Gasteiger partial charge in [-0.25, -0.2) is 19.6 Å². The van der Waals surface area contributed by atoms with Gasteiger partial charge in [-0.15, -0.1) is 23.2 Å². The van der Waals surface area contributed by atoms with E-state index in [4.69, 9.17) is 32.7 Å². The first-order chi connectivity index (χ1) is 16.7. The molecule has 11 heteroatoms. The molecule has 5 aliphatic carbocycles. The second-order valence-corrected chi connectivity index (χ2v) is 12.5. The lowest BCUT2D eigenvalue weighted by Crippen LogP contribution is -2.66. The molecule has 0 aromatic rings. The molecule has 0 radical (unpaired) electrons. The molecular formula is C24H37Cl2F2N3O4. The number of hydrazine groups is 1. The Labute approximate surface area is 215 Å². The summed E-state index contributed by atoms with van der Waals surface area (Å²) in [4.78, 5) is 12.7. The van der Waals surface area contributed by atoms with Crippen molar-refractivity contribution in [3.63, 3.8) is 0 Å². The van der Waals surface area contributed by atoms with Crippen LogP contribution in [0, 0.1) is 11.3 Å². The lowest BCUT2D eigenvalue weighted by molar-refractivity contribution is -0.178. The van der Waals surface area contributed by atoms with Gasteiger partial charge in [-0.05, 0) is 64.2 Å². The van der Waals surface area contributed by atoms with Gasteiger partial charge < -0.3 is 19.9 Å². The molecule has 9 atom stereocenters. The molecule has 2 bridgehead atoms. The molecule has 1 aliphatic heterocycles. The molecule has 1 heterocycles. The summed E-state index contributed by atoms with van der Waals surface area (Å²) >= 11 is 12.0. The van der Waals surface area contributed by atoms with Gasteiger partial charge in [0.05, 0.1) is 23.0 Å². The smallest absolute Gasteiger partial charge is 0.246 e. The number of carbonyl (C=O) groups excluding carboxylic acids is 1. The number of carbonyl (C=O) groups is 1. The van der Waals surface area contributed by atoms with E-state index in [1.165, 1.54) is 0 Å². The molecule has 200 valence electrons. The number of hydrogen-bond acceptors (Lipinski definition) is 6. The molecule has 6 aliphatic rings. The zero-order chi connectivity index (χ0) is 24.8. The molecule has 8 unspecified atom stereocenters. The highest BCUT2D eigenvalue weighted by Gasteiger charge is 2.60. The largest absolute Gasteiger partial charge is 0.392 e. The third-order valence-electron chi connectivity index (χ3n) is 9.21. The van der Waals surface area contributed by atoms with Gasteiger partial charge in [0.1, 0.15) is 31.4 Å². The minimum absolute atomic E-state index is 0.0313. The maximum Gasteiger partial charge on any atom is 0.246 e. The Morgan fingerprint density at radius 1 is 1.03 bits per heavy atom. The summed E-state index contributed by atoms with van der Waals surface area (Å²) in [6.45, 7) is -0.119. The Hall–Kier alpha value is -0.290. The molecule has 5 saturated carbocycles. The SMILES string of the molecule is O=C(COC1CCC(Cl)C(F)C1)NC12CCC(C3NNC(C4CCC(Cl)C(F)C4)O3)(CC1)[C@H](O)C2. The minimum Gasteiger partial charge on any atom is -0.392 e. The Morgan fingerprint density at radius 2 is 1.71 bits per heavy atom. The third kappa shape index (κ3) is 5.33. The molecule has 1 amide bonds.